The molecule has 0 saturated heterocycles. The number of benzene rings is 1. The molecule has 1 aromatic carbocycles. The second-order valence-corrected chi connectivity index (χ2v) is 4.60. The largest absolute Gasteiger partial charge is 0.330 e. The minimum Gasteiger partial charge on any atom is -0.330 e. The van der Waals surface area contributed by atoms with E-state index in [2.05, 4.69) is 20.5 Å². The zero-order chi connectivity index (χ0) is 12.2. The van der Waals surface area contributed by atoms with Crippen LogP contribution in [0.25, 0.3) is 10.7 Å². The number of pyridine rings is 1. The molecular weight excluding hydrogens is 244 g/mol. The van der Waals surface area contributed by atoms with Gasteiger partial charge in [-0.25, -0.2) is 0 Å². The molecule has 0 bridgehead atoms. The third-order valence-electron chi connectivity index (χ3n) is 2.33. The Hall–Kier alpha value is -2.27. The summed E-state index contributed by atoms with van der Waals surface area (Å²) in [5, 5.41) is 13.0. The van der Waals surface area contributed by atoms with Crippen molar-refractivity contribution in [3.05, 3.63) is 54.7 Å². The molecule has 0 aliphatic carbocycles. The van der Waals surface area contributed by atoms with Crippen molar-refractivity contribution >= 4 is 22.2 Å². The lowest BCUT2D eigenvalue weighted by atomic mass is 10.3. The van der Waals surface area contributed by atoms with Crippen LogP contribution in [-0.2, 0) is 0 Å². The fourth-order valence-electron chi connectivity index (χ4n) is 1.51. The van der Waals surface area contributed by atoms with Crippen LogP contribution in [-0.4, -0.2) is 15.2 Å². The maximum absolute atomic E-state index is 4.25. The van der Waals surface area contributed by atoms with Crippen molar-refractivity contribution in [2.75, 3.05) is 5.32 Å². The topological polar surface area (TPSA) is 50.7 Å². The van der Waals surface area contributed by atoms with Crippen LogP contribution in [0.15, 0.2) is 54.7 Å². The van der Waals surface area contributed by atoms with Gasteiger partial charge in [-0.15, -0.1) is 10.2 Å². The standard InChI is InChI=1S/C13H10N4S/c1-2-6-10(7-3-1)15-13-17-16-12(18-13)11-8-4-5-9-14-11/h1-9H,(H,15,17). The summed E-state index contributed by atoms with van der Waals surface area (Å²) < 4.78 is 0. The van der Waals surface area contributed by atoms with Gasteiger partial charge in [0.15, 0.2) is 5.01 Å². The molecule has 0 amide bonds. The quantitative estimate of drug-likeness (QED) is 0.778. The minimum atomic E-state index is 0.766. The monoisotopic (exact) mass is 254 g/mol. The van der Waals surface area contributed by atoms with E-state index in [-0.39, 0.29) is 0 Å². The summed E-state index contributed by atoms with van der Waals surface area (Å²) in [6, 6.07) is 15.6. The molecule has 5 heteroatoms. The lowest BCUT2D eigenvalue weighted by molar-refractivity contribution is 1.09. The number of nitrogens with one attached hydrogen (secondary N) is 1. The van der Waals surface area contributed by atoms with E-state index in [0.29, 0.717) is 0 Å². The Morgan fingerprint density at radius 3 is 2.50 bits per heavy atom. The van der Waals surface area contributed by atoms with Gasteiger partial charge in [0.1, 0.15) is 5.69 Å². The van der Waals surface area contributed by atoms with Gasteiger partial charge in [-0.2, -0.15) is 0 Å². The maximum Gasteiger partial charge on any atom is 0.210 e. The number of hydrogen-bond donors (Lipinski definition) is 1. The molecular formula is C13H10N4S. The van der Waals surface area contributed by atoms with Crippen LogP contribution >= 0.6 is 11.3 Å². The molecule has 88 valence electrons. The first-order valence-corrected chi connectivity index (χ1v) is 6.30. The Balaban J connectivity index is 1.82. The van der Waals surface area contributed by atoms with E-state index in [4.69, 9.17) is 0 Å². The molecule has 0 atom stereocenters. The molecule has 0 unspecified atom stereocenters. The summed E-state index contributed by atoms with van der Waals surface area (Å²) in [4.78, 5) is 4.25. The molecule has 0 aliphatic rings. The van der Waals surface area contributed by atoms with Crippen LogP contribution in [0.4, 0.5) is 10.8 Å². The fraction of sp³-hybridized carbons (Fsp3) is 0. The highest BCUT2D eigenvalue weighted by Crippen LogP contribution is 2.26. The Kier molecular flexibility index (Phi) is 2.97. The highest BCUT2D eigenvalue weighted by atomic mass is 32.1. The summed E-state index contributed by atoms with van der Waals surface area (Å²) in [6.07, 6.45) is 1.75. The first kappa shape index (κ1) is 10.9. The predicted octanol–water partition coefficient (Wildman–Crippen LogP) is 3.34. The maximum atomic E-state index is 4.25. The summed E-state index contributed by atoms with van der Waals surface area (Å²) in [5.74, 6) is 0. The molecule has 2 heterocycles. The van der Waals surface area contributed by atoms with E-state index < -0.39 is 0 Å². The number of nitrogens with zero attached hydrogens (tertiary/aromatic N) is 3. The van der Waals surface area contributed by atoms with Gasteiger partial charge in [-0.3, -0.25) is 4.98 Å². The van der Waals surface area contributed by atoms with E-state index in [1.807, 2.05) is 48.5 Å². The van der Waals surface area contributed by atoms with Crippen molar-refractivity contribution in [1.82, 2.24) is 15.2 Å². The molecule has 3 aromatic rings. The molecule has 0 radical (unpaired) electrons. The van der Waals surface area contributed by atoms with E-state index in [0.717, 1.165) is 21.5 Å². The third-order valence-corrected chi connectivity index (χ3v) is 3.20. The van der Waals surface area contributed by atoms with Gasteiger partial charge in [-0.1, -0.05) is 35.6 Å². The second kappa shape index (κ2) is 4.93. The Bertz CT molecular complexity index is 622. The minimum absolute atomic E-state index is 0.766. The predicted molar refractivity (Wildman–Crippen MR) is 72.9 cm³/mol. The van der Waals surface area contributed by atoms with Crippen LogP contribution in [0.3, 0.4) is 0 Å². The van der Waals surface area contributed by atoms with Crippen LogP contribution in [0.5, 0.6) is 0 Å². The number of rotatable bonds is 3. The Morgan fingerprint density at radius 2 is 1.72 bits per heavy atom. The van der Waals surface area contributed by atoms with Crippen LogP contribution < -0.4 is 5.32 Å². The third kappa shape index (κ3) is 2.36. The molecule has 0 fully saturated rings. The van der Waals surface area contributed by atoms with Crippen molar-refractivity contribution in [1.29, 1.82) is 0 Å². The fourth-order valence-corrected chi connectivity index (χ4v) is 2.25. The molecule has 3 rings (SSSR count). The summed E-state index contributed by atoms with van der Waals surface area (Å²) in [6.45, 7) is 0. The molecule has 4 nitrogen and oxygen atoms in total. The SMILES string of the molecule is c1ccc(Nc2nnc(-c3ccccn3)s2)cc1. The van der Waals surface area contributed by atoms with Crippen molar-refractivity contribution in [3.8, 4) is 10.7 Å². The molecule has 1 N–H and O–H groups in total. The average molecular weight is 254 g/mol. The first-order chi connectivity index (χ1) is 8.92. The number of anilines is 2. The van der Waals surface area contributed by atoms with E-state index in [1.165, 1.54) is 11.3 Å². The molecule has 0 aliphatic heterocycles. The van der Waals surface area contributed by atoms with Crippen LogP contribution in [0.2, 0.25) is 0 Å². The van der Waals surface area contributed by atoms with Gasteiger partial charge in [0.2, 0.25) is 5.13 Å². The van der Waals surface area contributed by atoms with Gasteiger partial charge in [0.05, 0.1) is 0 Å². The van der Waals surface area contributed by atoms with Crippen molar-refractivity contribution in [2.24, 2.45) is 0 Å². The van der Waals surface area contributed by atoms with Crippen LogP contribution in [0, 0.1) is 0 Å². The molecule has 18 heavy (non-hydrogen) atoms. The van der Waals surface area contributed by atoms with Gasteiger partial charge in [0.25, 0.3) is 0 Å². The number of para-hydroxylation sites is 1. The Morgan fingerprint density at radius 1 is 0.889 bits per heavy atom. The summed E-state index contributed by atoms with van der Waals surface area (Å²) in [5.41, 5.74) is 1.84. The van der Waals surface area contributed by atoms with Gasteiger partial charge >= 0.3 is 0 Å². The summed E-state index contributed by atoms with van der Waals surface area (Å²) >= 11 is 1.48. The lowest BCUT2D eigenvalue weighted by Crippen LogP contribution is -1.87. The zero-order valence-corrected chi connectivity index (χ0v) is 10.3. The van der Waals surface area contributed by atoms with Crippen LogP contribution in [0.1, 0.15) is 0 Å². The highest BCUT2D eigenvalue weighted by molar-refractivity contribution is 7.18. The normalized spacial score (nSPS) is 10.2. The molecule has 0 spiro atoms. The summed E-state index contributed by atoms with van der Waals surface area (Å²) in [7, 11) is 0. The number of hydrogen-bond acceptors (Lipinski definition) is 5. The smallest absolute Gasteiger partial charge is 0.210 e. The lowest BCUT2D eigenvalue weighted by Gasteiger charge is -1.99. The van der Waals surface area contributed by atoms with E-state index in [1.54, 1.807) is 6.20 Å². The molecule has 2 aromatic heterocycles. The second-order valence-electron chi connectivity index (χ2n) is 3.62. The Labute approximate surface area is 108 Å². The van der Waals surface area contributed by atoms with Gasteiger partial charge in [0, 0.05) is 11.9 Å². The van der Waals surface area contributed by atoms with Gasteiger partial charge < -0.3 is 5.32 Å². The average Bonchev–Trinajstić information content (AvgIpc) is 2.89. The van der Waals surface area contributed by atoms with E-state index in [9.17, 15) is 0 Å². The van der Waals surface area contributed by atoms with E-state index >= 15 is 0 Å². The van der Waals surface area contributed by atoms with Crippen molar-refractivity contribution in [2.45, 2.75) is 0 Å². The highest BCUT2D eigenvalue weighted by Gasteiger charge is 2.06. The first-order valence-electron chi connectivity index (χ1n) is 5.49. The zero-order valence-electron chi connectivity index (χ0n) is 9.45. The van der Waals surface area contributed by atoms with Crippen molar-refractivity contribution < 1.29 is 0 Å². The molecule has 0 saturated carbocycles. The van der Waals surface area contributed by atoms with Crippen molar-refractivity contribution in [3.63, 3.8) is 0 Å². The van der Waals surface area contributed by atoms with Gasteiger partial charge in [-0.05, 0) is 24.3 Å². The number of aromatic nitrogens is 3.